The summed E-state index contributed by atoms with van der Waals surface area (Å²) in [6.45, 7) is 2.21. The Morgan fingerprint density at radius 1 is 1.18 bits per heavy atom. The zero-order chi connectivity index (χ0) is 24.7. The van der Waals surface area contributed by atoms with Crippen molar-refractivity contribution in [1.29, 1.82) is 0 Å². The Kier molecular flexibility index (Phi) is 8.19. The highest BCUT2D eigenvalue weighted by Crippen LogP contribution is 2.31. The summed E-state index contributed by atoms with van der Waals surface area (Å²) in [6.07, 6.45) is 4.17. The van der Waals surface area contributed by atoms with Gasteiger partial charge in [-0.15, -0.1) is 4.40 Å². The summed E-state index contributed by atoms with van der Waals surface area (Å²) in [5.41, 5.74) is 1.75. The Labute approximate surface area is 203 Å². The van der Waals surface area contributed by atoms with Crippen LogP contribution in [-0.2, 0) is 21.2 Å². The highest BCUT2D eigenvalue weighted by molar-refractivity contribution is 7.90. The molecule has 1 N–H and O–H groups in total. The SMILES string of the molecule is CCOc1ncc(-c2ccc(NC(=O)Cc3ccccc3Cl)cc2S(=O)(=O)/N=C/N(C)C)cn1. The minimum atomic E-state index is -4.11. The van der Waals surface area contributed by atoms with Crippen molar-refractivity contribution in [3.05, 3.63) is 65.4 Å². The number of hydrogen-bond acceptors (Lipinski definition) is 6. The third-order valence-electron chi connectivity index (χ3n) is 4.48. The third-order valence-corrected chi connectivity index (χ3v) is 6.12. The first kappa shape index (κ1) is 25.1. The van der Waals surface area contributed by atoms with Crippen LogP contribution < -0.4 is 10.1 Å². The molecule has 9 nitrogen and oxygen atoms in total. The number of ether oxygens (including phenoxy) is 1. The van der Waals surface area contributed by atoms with Gasteiger partial charge in [0, 0.05) is 48.3 Å². The lowest BCUT2D eigenvalue weighted by molar-refractivity contribution is -0.115. The molecule has 178 valence electrons. The minimum Gasteiger partial charge on any atom is -0.464 e. The molecular formula is C23H24ClN5O4S. The number of anilines is 1. The second-order valence-corrected chi connectivity index (χ2v) is 9.38. The minimum absolute atomic E-state index is 0.0367. The molecule has 11 heteroatoms. The lowest BCUT2D eigenvalue weighted by Crippen LogP contribution is -2.15. The summed E-state index contributed by atoms with van der Waals surface area (Å²) in [7, 11) is -0.793. The number of carbonyl (C=O) groups is 1. The molecule has 0 unspecified atom stereocenters. The summed E-state index contributed by atoms with van der Waals surface area (Å²) in [6, 6.07) is 11.7. The number of hydrogen-bond donors (Lipinski definition) is 1. The Bertz CT molecular complexity index is 1290. The smallest absolute Gasteiger partial charge is 0.316 e. The van der Waals surface area contributed by atoms with Crippen molar-refractivity contribution in [3.63, 3.8) is 0 Å². The topological polar surface area (TPSA) is 114 Å². The molecule has 0 spiro atoms. The zero-order valence-corrected chi connectivity index (χ0v) is 20.5. The summed E-state index contributed by atoms with van der Waals surface area (Å²) in [5.74, 6) is -0.342. The largest absolute Gasteiger partial charge is 0.464 e. The lowest BCUT2D eigenvalue weighted by Gasteiger charge is -2.12. The van der Waals surface area contributed by atoms with Gasteiger partial charge in [-0.25, -0.2) is 9.97 Å². The quantitative estimate of drug-likeness (QED) is 0.351. The van der Waals surface area contributed by atoms with Gasteiger partial charge in [0.15, 0.2) is 0 Å². The molecule has 34 heavy (non-hydrogen) atoms. The van der Waals surface area contributed by atoms with Gasteiger partial charge in [0.2, 0.25) is 5.91 Å². The van der Waals surface area contributed by atoms with Crippen molar-refractivity contribution in [2.75, 3.05) is 26.0 Å². The van der Waals surface area contributed by atoms with Crippen molar-refractivity contribution in [1.82, 2.24) is 14.9 Å². The number of benzene rings is 2. The molecule has 0 aliphatic carbocycles. The van der Waals surface area contributed by atoms with Gasteiger partial charge in [0.1, 0.15) is 6.34 Å². The summed E-state index contributed by atoms with van der Waals surface area (Å²) in [4.78, 5) is 22.2. The Balaban J connectivity index is 1.97. The molecule has 0 aliphatic heterocycles. The lowest BCUT2D eigenvalue weighted by atomic mass is 10.1. The number of amides is 1. The molecular weight excluding hydrogens is 478 g/mol. The number of sulfonamides is 1. The van der Waals surface area contributed by atoms with Gasteiger partial charge in [-0.2, -0.15) is 8.42 Å². The molecule has 1 amide bonds. The van der Waals surface area contributed by atoms with Crippen LogP contribution in [0.15, 0.2) is 64.2 Å². The first-order valence-corrected chi connectivity index (χ1v) is 12.1. The standard InChI is InChI=1S/C23H24ClN5O4S/c1-4-33-23-25-13-17(14-26-23)19-10-9-18(12-21(19)34(31,32)27-15-29(2)3)28-22(30)11-16-7-5-6-8-20(16)24/h5-10,12-15H,4,11H2,1-3H3,(H,28,30)/b27-15+. The molecule has 1 aromatic heterocycles. The highest BCUT2D eigenvalue weighted by Gasteiger charge is 2.21. The van der Waals surface area contributed by atoms with Gasteiger partial charge in [0.25, 0.3) is 10.0 Å². The first-order valence-electron chi connectivity index (χ1n) is 10.3. The fraction of sp³-hybridized carbons (Fsp3) is 0.217. The zero-order valence-electron chi connectivity index (χ0n) is 18.9. The van der Waals surface area contributed by atoms with Crippen LogP contribution in [0.1, 0.15) is 12.5 Å². The van der Waals surface area contributed by atoms with Crippen molar-refractivity contribution in [3.8, 4) is 17.1 Å². The number of halogens is 1. The molecule has 3 rings (SSSR count). The monoisotopic (exact) mass is 501 g/mol. The van der Waals surface area contributed by atoms with E-state index in [4.69, 9.17) is 16.3 Å². The second kappa shape index (κ2) is 11.1. The van der Waals surface area contributed by atoms with Crippen molar-refractivity contribution < 1.29 is 17.9 Å². The average molecular weight is 502 g/mol. The number of nitrogens with zero attached hydrogens (tertiary/aromatic N) is 4. The maximum atomic E-state index is 13.1. The number of carbonyl (C=O) groups excluding carboxylic acids is 1. The first-order chi connectivity index (χ1) is 16.2. The van der Waals surface area contributed by atoms with Gasteiger partial charge < -0.3 is 15.0 Å². The van der Waals surface area contributed by atoms with Crippen molar-refractivity contribution in [2.45, 2.75) is 18.2 Å². The Hall–Kier alpha value is -3.50. The Morgan fingerprint density at radius 3 is 2.53 bits per heavy atom. The predicted octanol–water partition coefficient (Wildman–Crippen LogP) is 3.66. The van der Waals surface area contributed by atoms with Gasteiger partial charge in [-0.1, -0.05) is 35.9 Å². The molecule has 2 aromatic carbocycles. The fourth-order valence-corrected chi connectivity index (χ4v) is 4.31. The van der Waals surface area contributed by atoms with Gasteiger partial charge in [0.05, 0.1) is 17.9 Å². The summed E-state index contributed by atoms with van der Waals surface area (Å²) < 4.78 is 35.1. The number of nitrogens with one attached hydrogen (secondary N) is 1. The normalized spacial score (nSPS) is 11.4. The van der Waals surface area contributed by atoms with E-state index in [1.54, 1.807) is 50.5 Å². The van der Waals surface area contributed by atoms with E-state index in [1.165, 1.54) is 29.7 Å². The molecule has 0 atom stereocenters. The van der Waals surface area contributed by atoms with Crippen LogP contribution in [-0.4, -0.2) is 56.2 Å². The molecule has 0 saturated carbocycles. The molecule has 0 saturated heterocycles. The molecule has 0 aliphatic rings. The summed E-state index contributed by atoms with van der Waals surface area (Å²) >= 11 is 6.14. The van der Waals surface area contributed by atoms with E-state index in [1.807, 2.05) is 6.92 Å². The number of aromatic nitrogens is 2. The molecule has 3 aromatic rings. The maximum Gasteiger partial charge on any atom is 0.316 e. The van der Waals surface area contributed by atoms with Crippen molar-refractivity contribution in [2.24, 2.45) is 4.40 Å². The van der Waals surface area contributed by atoms with E-state index in [0.29, 0.717) is 34.0 Å². The average Bonchev–Trinajstić information content (AvgIpc) is 2.80. The molecule has 0 fully saturated rings. The fourth-order valence-electron chi connectivity index (χ4n) is 2.94. The van der Waals surface area contributed by atoms with Crippen LogP contribution in [0.2, 0.25) is 5.02 Å². The van der Waals surface area contributed by atoms with E-state index < -0.39 is 10.0 Å². The van der Waals surface area contributed by atoms with E-state index in [-0.39, 0.29) is 23.2 Å². The van der Waals surface area contributed by atoms with E-state index >= 15 is 0 Å². The highest BCUT2D eigenvalue weighted by atomic mass is 35.5. The third kappa shape index (κ3) is 6.52. The van der Waals surface area contributed by atoms with Gasteiger partial charge in [-0.05, 0) is 30.7 Å². The van der Waals surface area contributed by atoms with Crippen molar-refractivity contribution >= 4 is 39.6 Å². The van der Waals surface area contributed by atoms with E-state index in [0.717, 1.165) is 0 Å². The van der Waals surface area contributed by atoms with E-state index in [2.05, 4.69) is 19.7 Å². The maximum absolute atomic E-state index is 13.1. The summed E-state index contributed by atoms with van der Waals surface area (Å²) in [5, 5.41) is 3.20. The number of rotatable bonds is 9. The van der Waals surface area contributed by atoms with Gasteiger partial charge >= 0.3 is 6.01 Å². The van der Waals surface area contributed by atoms with Crippen LogP contribution in [0.3, 0.4) is 0 Å². The van der Waals surface area contributed by atoms with Crippen LogP contribution in [0.4, 0.5) is 5.69 Å². The van der Waals surface area contributed by atoms with E-state index in [9.17, 15) is 13.2 Å². The Morgan fingerprint density at radius 2 is 1.88 bits per heavy atom. The van der Waals surface area contributed by atoms with Crippen LogP contribution in [0, 0.1) is 0 Å². The molecule has 1 heterocycles. The van der Waals surface area contributed by atoms with Gasteiger partial charge in [-0.3, -0.25) is 4.79 Å². The molecule has 0 bridgehead atoms. The molecule has 0 radical (unpaired) electrons. The van der Waals surface area contributed by atoms with Crippen LogP contribution in [0.25, 0.3) is 11.1 Å². The van der Waals surface area contributed by atoms with Crippen LogP contribution >= 0.6 is 11.6 Å². The predicted molar refractivity (Wildman–Crippen MR) is 132 cm³/mol. The van der Waals surface area contributed by atoms with Crippen LogP contribution in [0.5, 0.6) is 6.01 Å². The second-order valence-electron chi connectivity index (χ2n) is 7.37.